The van der Waals surface area contributed by atoms with Gasteiger partial charge in [0.25, 0.3) is 0 Å². The summed E-state index contributed by atoms with van der Waals surface area (Å²) in [5.74, 6) is -0.504. The van der Waals surface area contributed by atoms with E-state index in [1.165, 1.54) is 12.1 Å². The molecule has 0 aliphatic carbocycles. The van der Waals surface area contributed by atoms with Crippen molar-refractivity contribution in [3.05, 3.63) is 29.9 Å². The fourth-order valence-electron chi connectivity index (χ4n) is 1.60. The summed E-state index contributed by atoms with van der Waals surface area (Å²) >= 11 is 0. The van der Waals surface area contributed by atoms with Crippen LogP contribution in [0.25, 0.3) is 11.4 Å². The number of hydrogen-bond donors (Lipinski definition) is 1. The van der Waals surface area contributed by atoms with Gasteiger partial charge in [0, 0.05) is 17.9 Å². The molecule has 1 heterocycles. The van der Waals surface area contributed by atoms with Gasteiger partial charge in [-0.3, -0.25) is 0 Å². The number of nitrogens with zero attached hydrogens (tertiary/aromatic N) is 3. The van der Waals surface area contributed by atoms with E-state index in [2.05, 4.69) is 16.2 Å². The SMILES string of the molecule is CC(CCC#N)c1nc(-c2ccc(O)c(F)c2)no1. The summed E-state index contributed by atoms with van der Waals surface area (Å²) in [4.78, 5) is 4.17. The molecule has 0 amide bonds. The molecule has 2 aromatic rings. The summed E-state index contributed by atoms with van der Waals surface area (Å²) in [6.07, 6.45) is 1.04. The molecule has 1 aromatic carbocycles. The van der Waals surface area contributed by atoms with Crippen LogP contribution in [0.4, 0.5) is 4.39 Å². The maximum absolute atomic E-state index is 13.2. The average Bonchev–Trinajstić information content (AvgIpc) is 2.89. The first-order valence-corrected chi connectivity index (χ1v) is 5.81. The lowest BCUT2D eigenvalue weighted by molar-refractivity contribution is 0.355. The lowest BCUT2D eigenvalue weighted by Gasteiger charge is -2.01. The Balaban J connectivity index is 2.21. The fourth-order valence-corrected chi connectivity index (χ4v) is 1.60. The van der Waals surface area contributed by atoms with Crippen LogP contribution in [-0.4, -0.2) is 15.2 Å². The Hall–Kier alpha value is -2.42. The van der Waals surface area contributed by atoms with Gasteiger partial charge in [-0.25, -0.2) is 4.39 Å². The first-order valence-electron chi connectivity index (χ1n) is 5.81. The van der Waals surface area contributed by atoms with E-state index in [0.717, 1.165) is 6.07 Å². The smallest absolute Gasteiger partial charge is 0.229 e. The van der Waals surface area contributed by atoms with Gasteiger partial charge in [-0.1, -0.05) is 12.1 Å². The normalized spacial score (nSPS) is 12.1. The highest BCUT2D eigenvalue weighted by Crippen LogP contribution is 2.25. The Morgan fingerprint density at radius 1 is 1.53 bits per heavy atom. The largest absolute Gasteiger partial charge is 0.505 e. The summed E-state index contributed by atoms with van der Waals surface area (Å²) in [6.45, 7) is 1.88. The molecular formula is C13H12FN3O2. The lowest BCUT2D eigenvalue weighted by atomic mass is 10.1. The van der Waals surface area contributed by atoms with E-state index in [1.54, 1.807) is 0 Å². The molecule has 6 heteroatoms. The number of phenolic OH excluding ortho intramolecular Hbond substituents is 1. The van der Waals surface area contributed by atoms with Crippen LogP contribution in [0.5, 0.6) is 5.75 Å². The molecule has 1 N–H and O–H groups in total. The van der Waals surface area contributed by atoms with Crippen LogP contribution < -0.4 is 0 Å². The van der Waals surface area contributed by atoms with Crippen molar-refractivity contribution in [2.45, 2.75) is 25.7 Å². The summed E-state index contributed by atoms with van der Waals surface area (Å²) in [5.41, 5.74) is 0.429. The van der Waals surface area contributed by atoms with Crippen LogP contribution in [0.15, 0.2) is 22.7 Å². The number of nitriles is 1. The molecule has 0 radical (unpaired) electrons. The first-order chi connectivity index (χ1) is 9.11. The Morgan fingerprint density at radius 3 is 3.00 bits per heavy atom. The van der Waals surface area contributed by atoms with Gasteiger partial charge in [0.05, 0.1) is 6.07 Å². The second-order valence-corrected chi connectivity index (χ2v) is 4.22. The molecule has 0 aliphatic rings. The number of hydrogen-bond acceptors (Lipinski definition) is 5. The zero-order valence-electron chi connectivity index (χ0n) is 10.3. The van der Waals surface area contributed by atoms with Gasteiger partial charge in [0.15, 0.2) is 11.6 Å². The Labute approximate surface area is 109 Å². The molecule has 0 saturated heterocycles. The second-order valence-electron chi connectivity index (χ2n) is 4.22. The van der Waals surface area contributed by atoms with E-state index < -0.39 is 11.6 Å². The predicted octanol–water partition coefficient (Wildman–Crippen LogP) is 2.99. The third kappa shape index (κ3) is 2.88. The van der Waals surface area contributed by atoms with Crippen molar-refractivity contribution < 1.29 is 14.0 Å². The van der Waals surface area contributed by atoms with Crippen LogP contribution in [-0.2, 0) is 0 Å². The molecule has 98 valence electrons. The number of phenols is 1. The molecule has 5 nitrogen and oxygen atoms in total. The molecule has 0 bridgehead atoms. The number of aromatic hydroxyl groups is 1. The Kier molecular flexibility index (Phi) is 3.76. The van der Waals surface area contributed by atoms with Crippen LogP contribution in [0.2, 0.25) is 0 Å². The van der Waals surface area contributed by atoms with Crippen molar-refractivity contribution in [2.24, 2.45) is 0 Å². The molecule has 1 aromatic heterocycles. The second kappa shape index (κ2) is 5.48. The van der Waals surface area contributed by atoms with E-state index in [0.29, 0.717) is 24.3 Å². The number of aromatic nitrogens is 2. The monoisotopic (exact) mass is 261 g/mol. The van der Waals surface area contributed by atoms with Crippen molar-refractivity contribution in [1.29, 1.82) is 5.26 Å². The zero-order chi connectivity index (χ0) is 13.8. The molecule has 0 fully saturated rings. The lowest BCUT2D eigenvalue weighted by Crippen LogP contribution is -1.93. The number of rotatable bonds is 4. The number of benzene rings is 1. The minimum Gasteiger partial charge on any atom is -0.505 e. The van der Waals surface area contributed by atoms with E-state index >= 15 is 0 Å². The fraction of sp³-hybridized carbons (Fsp3) is 0.308. The molecule has 1 unspecified atom stereocenters. The van der Waals surface area contributed by atoms with E-state index in [-0.39, 0.29) is 11.7 Å². The van der Waals surface area contributed by atoms with Crippen LogP contribution in [0.3, 0.4) is 0 Å². The van der Waals surface area contributed by atoms with Gasteiger partial charge in [0.2, 0.25) is 11.7 Å². The van der Waals surface area contributed by atoms with Gasteiger partial charge < -0.3 is 9.63 Å². The van der Waals surface area contributed by atoms with Gasteiger partial charge in [-0.2, -0.15) is 10.2 Å². The quantitative estimate of drug-likeness (QED) is 0.914. The molecular weight excluding hydrogens is 249 g/mol. The van der Waals surface area contributed by atoms with Crippen LogP contribution in [0.1, 0.15) is 31.6 Å². The topological polar surface area (TPSA) is 82.9 Å². The summed E-state index contributed by atoms with van der Waals surface area (Å²) in [6, 6.07) is 5.94. The summed E-state index contributed by atoms with van der Waals surface area (Å²) in [5, 5.41) is 21.4. The van der Waals surface area contributed by atoms with Crippen molar-refractivity contribution in [1.82, 2.24) is 10.1 Å². The molecule has 1 atom stereocenters. The highest BCUT2D eigenvalue weighted by Gasteiger charge is 2.15. The zero-order valence-corrected chi connectivity index (χ0v) is 10.3. The van der Waals surface area contributed by atoms with Crippen LogP contribution in [0, 0.1) is 17.1 Å². The molecule has 0 spiro atoms. The highest BCUT2D eigenvalue weighted by molar-refractivity contribution is 5.55. The van der Waals surface area contributed by atoms with Gasteiger partial charge in [-0.05, 0) is 24.6 Å². The molecule has 0 aliphatic heterocycles. The Morgan fingerprint density at radius 2 is 2.32 bits per heavy atom. The van der Waals surface area contributed by atoms with E-state index in [4.69, 9.17) is 14.9 Å². The summed E-state index contributed by atoms with van der Waals surface area (Å²) in [7, 11) is 0. The Bertz CT molecular complexity index is 619. The van der Waals surface area contributed by atoms with E-state index in [1.807, 2.05) is 6.92 Å². The van der Waals surface area contributed by atoms with Crippen molar-refractivity contribution in [2.75, 3.05) is 0 Å². The predicted molar refractivity (Wildman–Crippen MR) is 64.6 cm³/mol. The van der Waals surface area contributed by atoms with Crippen molar-refractivity contribution >= 4 is 0 Å². The average molecular weight is 261 g/mol. The van der Waals surface area contributed by atoms with Gasteiger partial charge in [0.1, 0.15) is 0 Å². The van der Waals surface area contributed by atoms with Gasteiger partial charge in [-0.15, -0.1) is 0 Å². The van der Waals surface area contributed by atoms with Crippen molar-refractivity contribution in [3.63, 3.8) is 0 Å². The maximum Gasteiger partial charge on any atom is 0.229 e. The molecule has 0 saturated carbocycles. The standard InChI is InChI=1S/C13H12FN3O2/c1-8(3-2-6-15)13-16-12(17-19-13)9-4-5-11(18)10(14)7-9/h4-5,7-8,18H,2-3H2,1H3. The van der Waals surface area contributed by atoms with Crippen LogP contribution >= 0.6 is 0 Å². The minimum absolute atomic E-state index is 0.0251. The maximum atomic E-state index is 13.2. The first kappa shape index (κ1) is 13.0. The third-order valence-electron chi connectivity index (χ3n) is 2.76. The summed E-state index contributed by atoms with van der Waals surface area (Å²) < 4.78 is 18.3. The highest BCUT2D eigenvalue weighted by atomic mass is 19.1. The third-order valence-corrected chi connectivity index (χ3v) is 2.76. The molecule has 19 heavy (non-hydrogen) atoms. The van der Waals surface area contributed by atoms with E-state index in [9.17, 15) is 4.39 Å². The minimum atomic E-state index is -0.735. The number of halogens is 1. The van der Waals surface area contributed by atoms with Crippen molar-refractivity contribution in [3.8, 4) is 23.2 Å². The van der Waals surface area contributed by atoms with Gasteiger partial charge >= 0.3 is 0 Å². The molecule has 2 rings (SSSR count).